The third kappa shape index (κ3) is 4.20. The Morgan fingerprint density at radius 2 is 1.50 bits per heavy atom. The van der Waals surface area contributed by atoms with Gasteiger partial charge in [0.2, 0.25) is 10.0 Å². The van der Waals surface area contributed by atoms with Crippen LogP contribution in [0, 0.1) is 13.8 Å². The Hall–Kier alpha value is -2.15. The molecule has 20 heavy (non-hydrogen) atoms. The highest BCUT2D eigenvalue weighted by Gasteiger charge is 2.04. The van der Waals surface area contributed by atoms with Gasteiger partial charge in [0.05, 0.1) is 6.26 Å². The number of aromatic nitrogens is 2. The quantitative estimate of drug-likeness (QED) is 0.902. The van der Waals surface area contributed by atoms with E-state index in [9.17, 15) is 8.42 Å². The topological polar surface area (TPSA) is 84.0 Å². The average molecular weight is 292 g/mol. The molecule has 2 rings (SSSR count). The van der Waals surface area contributed by atoms with Crippen molar-refractivity contribution in [1.29, 1.82) is 0 Å². The third-order valence-electron chi connectivity index (χ3n) is 2.45. The van der Waals surface area contributed by atoms with Gasteiger partial charge in [-0.1, -0.05) is 6.07 Å². The maximum atomic E-state index is 11.1. The number of anilines is 3. The van der Waals surface area contributed by atoms with Crippen molar-refractivity contribution in [1.82, 2.24) is 10.2 Å². The van der Waals surface area contributed by atoms with E-state index in [1.54, 1.807) is 12.1 Å². The van der Waals surface area contributed by atoms with Crippen LogP contribution in [0.1, 0.15) is 11.1 Å². The van der Waals surface area contributed by atoms with Crippen molar-refractivity contribution in [3.8, 4) is 0 Å². The van der Waals surface area contributed by atoms with Crippen molar-refractivity contribution < 1.29 is 8.42 Å². The molecule has 0 unspecified atom stereocenters. The molecule has 6 nitrogen and oxygen atoms in total. The number of nitrogens with zero attached hydrogens (tertiary/aromatic N) is 2. The predicted molar refractivity (Wildman–Crippen MR) is 79.7 cm³/mol. The minimum atomic E-state index is -3.33. The molecular formula is C13H16N4O2S. The summed E-state index contributed by atoms with van der Waals surface area (Å²) in [5.41, 5.74) is 3.22. The first-order valence-electron chi connectivity index (χ1n) is 5.99. The van der Waals surface area contributed by atoms with E-state index < -0.39 is 10.0 Å². The van der Waals surface area contributed by atoms with E-state index in [1.807, 2.05) is 26.0 Å². The van der Waals surface area contributed by atoms with E-state index in [-0.39, 0.29) is 5.82 Å². The molecule has 0 fully saturated rings. The molecule has 0 atom stereocenters. The molecule has 2 aromatic rings. The van der Waals surface area contributed by atoms with Crippen LogP contribution in [0.25, 0.3) is 0 Å². The Morgan fingerprint density at radius 3 is 2.00 bits per heavy atom. The molecule has 106 valence electrons. The van der Waals surface area contributed by atoms with Crippen LogP contribution >= 0.6 is 0 Å². The van der Waals surface area contributed by atoms with Crippen LogP contribution < -0.4 is 10.0 Å². The number of aryl methyl sites for hydroxylation is 2. The van der Waals surface area contributed by atoms with Gasteiger partial charge in [-0.3, -0.25) is 4.72 Å². The zero-order valence-electron chi connectivity index (χ0n) is 11.5. The molecule has 0 aliphatic carbocycles. The van der Waals surface area contributed by atoms with Crippen molar-refractivity contribution in [2.45, 2.75) is 13.8 Å². The predicted octanol–water partition coefficient (Wildman–Crippen LogP) is 2.21. The van der Waals surface area contributed by atoms with Crippen molar-refractivity contribution in [2.75, 3.05) is 16.3 Å². The molecule has 0 aliphatic heterocycles. The summed E-state index contributed by atoms with van der Waals surface area (Å²) >= 11 is 0. The highest BCUT2D eigenvalue weighted by molar-refractivity contribution is 7.92. The fourth-order valence-corrected chi connectivity index (χ4v) is 2.33. The summed E-state index contributed by atoms with van der Waals surface area (Å²) < 4.78 is 24.4. The van der Waals surface area contributed by atoms with E-state index in [2.05, 4.69) is 26.3 Å². The summed E-state index contributed by atoms with van der Waals surface area (Å²) in [6.07, 6.45) is 1.07. The van der Waals surface area contributed by atoms with Gasteiger partial charge in [0.15, 0.2) is 11.6 Å². The molecule has 0 amide bonds. The first-order valence-corrected chi connectivity index (χ1v) is 7.88. The lowest BCUT2D eigenvalue weighted by molar-refractivity contribution is 0.606. The van der Waals surface area contributed by atoms with Crippen molar-refractivity contribution in [3.63, 3.8) is 0 Å². The molecule has 0 saturated heterocycles. The normalized spacial score (nSPS) is 11.2. The standard InChI is InChI=1S/C13H16N4O2S/c1-9-6-10(2)8-11(7-9)14-12-4-5-13(16-15-12)17-20(3,18)19/h4-8H,1-3H3,(H,14,15)(H,16,17). The number of hydrogen-bond acceptors (Lipinski definition) is 5. The number of benzene rings is 1. The SMILES string of the molecule is Cc1cc(C)cc(Nc2ccc(NS(C)(=O)=O)nn2)c1. The van der Waals surface area contributed by atoms with E-state index in [1.165, 1.54) is 0 Å². The minimum absolute atomic E-state index is 0.193. The second kappa shape index (κ2) is 5.46. The highest BCUT2D eigenvalue weighted by Crippen LogP contribution is 2.18. The van der Waals surface area contributed by atoms with Crippen LogP contribution in [0.4, 0.5) is 17.3 Å². The molecule has 0 saturated carbocycles. The molecule has 0 spiro atoms. The lowest BCUT2D eigenvalue weighted by atomic mass is 10.1. The zero-order chi connectivity index (χ0) is 14.8. The molecule has 0 aliphatic rings. The Bertz CT molecular complexity index is 691. The minimum Gasteiger partial charge on any atom is -0.339 e. The maximum Gasteiger partial charge on any atom is 0.231 e. The van der Waals surface area contributed by atoms with Crippen LogP contribution in [-0.2, 0) is 10.0 Å². The zero-order valence-corrected chi connectivity index (χ0v) is 12.3. The van der Waals surface area contributed by atoms with E-state index in [0.717, 1.165) is 23.1 Å². The molecular weight excluding hydrogens is 276 g/mol. The van der Waals surface area contributed by atoms with Crippen LogP contribution in [0.5, 0.6) is 0 Å². The second-order valence-corrected chi connectivity index (χ2v) is 6.43. The largest absolute Gasteiger partial charge is 0.339 e. The fourth-order valence-electron chi connectivity index (χ4n) is 1.84. The van der Waals surface area contributed by atoms with Gasteiger partial charge in [-0.2, -0.15) is 0 Å². The van der Waals surface area contributed by atoms with Gasteiger partial charge in [0, 0.05) is 5.69 Å². The fraction of sp³-hybridized carbons (Fsp3) is 0.231. The van der Waals surface area contributed by atoms with Gasteiger partial charge in [-0.15, -0.1) is 10.2 Å². The van der Waals surface area contributed by atoms with Gasteiger partial charge >= 0.3 is 0 Å². The van der Waals surface area contributed by atoms with Crippen LogP contribution in [0.3, 0.4) is 0 Å². The highest BCUT2D eigenvalue weighted by atomic mass is 32.2. The number of nitrogens with one attached hydrogen (secondary N) is 2. The first kappa shape index (κ1) is 14.3. The van der Waals surface area contributed by atoms with Gasteiger partial charge in [-0.25, -0.2) is 8.42 Å². The number of sulfonamides is 1. The van der Waals surface area contributed by atoms with Gasteiger partial charge < -0.3 is 5.32 Å². The summed E-state index contributed by atoms with van der Waals surface area (Å²) in [6, 6.07) is 9.29. The van der Waals surface area contributed by atoms with Gasteiger partial charge in [0.25, 0.3) is 0 Å². The third-order valence-corrected chi connectivity index (χ3v) is 3.03. The monoisotopic (exact) mass is 292 g/mol. The smallest absolute Gasteiger partial charge is 0.231 e. The van der Waals surface area contributed by atoms with Crippen molar-refractivity contribution in [2.24, 2.45) is 0 Å². The summed E-state index contributed by atoms with van der Waals surface area (Å²) in [4.78, 5) is 0. The molecule has 2 N–H and O–H groups in total. The molecule has 0 radical (unpaired) electrons. The van der Waals surface area contributed by atoms with E-state index >= 15 is 0 Å². The molecule has 7 heteroatoms. The van der Waals surface area contributed by atoms with E-state index in [0.29, 0.717) is 5.82 Å². The van der Waals surface area contributed by atoms with Crippen molar-refractivity contribution in [3.05, 3.63) is 41.5 Å². The second-order valence-electron chi connectivity index (χ2n) is 4.68. The lowest BCUT2D eigenvalue weighted by Gasteiger charge is -2.08. The number of hydrogen-bond donors (Lipinski definition) is 2. The van der Waals surface area contributed by atoms with Crippen LogP contribution in [-0.4, -0.2) is 24.9 Å². The maximum absolute atomic E-state index is 11.1. The summed E-state index contributed by atoms with van der Waals surface area (Å²) in [5.74, 6) is 0.743. The Balaban J connectivity index is 2.14. The summed E-state index contributed by atoms with van der Waals surface area (Å²) in [5, 5.41) is 10.9. The van der Waals surface area contributed by atoms with Crippen LogP contribution in [0.2, 0.25) is 0 Å². The molecule has 1 aromatic carbocycles. The molecule has 1 heterocycles. The lowest BCUT2D eigenvalue weighted by Crippen LogP contribution is -2.11. The van der Waals surface area contributed by atoms with Gasteiger partial charge in [-0.05, 0) is 49.2 Å². The Labute approximate surface area is 118 Å². The summed E-state index contributed by atoms with van der Waals surface area (Å²) in [6.45, 7) is 4.03. The summed E-state index contributed by atoms with van der Waals surface area (Å²) in [7, 11) is -3.33. The first-order chi connectivity index (χ1) is 9.32. The Kier molecular flexibility index (Phi) is 3.89. The average Bonchev–Trinajstić information content (AvgIpc) is 2.28. The van der Waals surface area contributed by atoms with Gasteiger partial charge in [0.1, 0.15) is 0 Å². The number of rotatable bonds is 4. The Morgan fingerprint density at radius 1 is 0.950 bits per heavy atom. The van der Waals surface area contributed by atoms with Crippen molar-refractivity contribution >= 4 is 27.3 Å². The van der Waals surface area contributed by atoms with E-state index in [4.69, 9.17) is 0 Å². The molecule has 0 bridgehead atoms. The molecule has 1 aromatic heterocycles. The van der Waals surface area contributed by atoms with Crippen LogP contribution in [0.15, 0.2) is 30.3 Å².